The summed E-state index contributed by atoms with van der Waals surface area (Å²) in [5, 5.41) is 8.79. The predicted molar refractivity (Wildman–Crippen MR) is 62.0 cm³/mol. The van der Waals surface area contributed by atoms with Crippen LogP contribution in [0.1, 0.15) is 16.2 Å². The number of nitrogens with zero attached hydrogens (tertiary/aromatic N) is 1. The molecule has 4 heteroatoms. The molecule has 4 nitrogen and oxygen atoms in total. The molecule has 0 amide bonds. The number of benzene rings is 1. The molecule has 0 fully saturated rings. The minimum absolute atomic E-state index is 0.0270. The van der Waals surface area contributed by atoms with Crippen LogP contribution in [0.3, 0.4) is 0 Å². The number of carbonyl (C=O) groups is 1. The lowest BCUT2D eigenvalue weighted by Crippen LogP contribution is -2.04. The minimum atomic E-state index is -1.04. The van der Waals surface area contributed by atoms with Crippen LogP contribution < -0.4 is 4.74 Å². The van der Waals surface area contributed by atoms with Crippen molar-refractivity contribution in [3.8, 4) is 5.75 Å². The van der Waals surface area contributed by atoms with Gasteiger partial charge in [-0.15, -0.1) is 0 Å². The zero-order chi connectivity index (χ0) is 12.1. The minimum Gasteiger partial charge on any atom is -0.487 e. The van der Waals surface area contributed by atoms with E-state index in [-0.39, 0.29) is 12.3 Å². The van der Waals surface area contributed by atoms with Gasteiger partial charge in [-0.05, 0) is 24.3 Å². The summed E-state index contributed by atoms with van der Waals surface area (Å²) < 4.78 is 5.47. The summed E-state index contributed by atoms with van der Waals surface area (Å²) in [6, 6.07) is 14.1. The number of aromatic nitrogens is 1. The van der Waals surface area contributed by atoms with Crippen molar-refractivity contribution >= 4 is 5.97 Å². The molecule has 86 valence electrons. The van der Waals surface area contributed by atoms with Gasteiger partial charge in [0.1, 0.15) is 18.1 Å². The van der Waals surface area contributed by atoms with E-state index in [2.05, 4.69) is 4.98 Å². The molecule has 0 spiro atoms. The van der Waals surface area contributed by atoms with Gasteiger partial charge in [-0.25, -0.2) is 9.78 Å². The Kier molecular flexibility index (Phi) is 3.35. The van der Waals surface area contributed by atoms with Crippen LogP contribution in [0.15, 0.2) is 48.5 Å². The molecule has 1 heterocycles. The number of carboxylic acids is 1. The quantitative estimate of drug-likeness (QED) is 0.874. The van der Waals surface area contributed by atoms with E-state index in [4.69, 9.17) is 9.84 Å². The normalized spacial score (nSPS) is 9.88. The van der Waals surface area contributed by atoms with E-state index in [1.807, 2.05) is 30.3 Å². The topological polar surface area (TPSA) is 59.4 Å². The summed E-state index contributed by atoms with van der Waals surface area (Å²) in [7, 11) is 0. The molecule has 0 aliphatic carbocycles. The van der Waals surface area contributed by atoms with Gasteiger partial charge in [-0.2, -0.15) is 0 Å². The van der Waals surface area contributed by atoms with Crippen LogP contribution in [-0.2, 0) is 6.61 Å². The second kappa shape index (κ2) is 5.12. The first-order chi connectivity index (χ1) is 8.25. The largest absolute Gasteiger partial charge is 0.487 e. The highest BCUT2D eigenvalue weighted by atomic mass is 16.5. The Hall–Kier alpha value is -2.36. The van der Waals surface area contributed by atoms with Crippen LogP contribution in [0.25, 0.3) is 0 Å². The van der Waals surface area contributed by atoms with Crippen LogP contribution in [0.5, 0.6) is 5.75 Å². The highest BCUT2D eigenvalue weighted by Gasteiger charge is 2.05. The van der Waals surface area contributed by atoms with Gasteiger partial charge in [0.25, 0.3) is 0 Å². The summed E-state index contributed by atoms with van der Waals surface area (Å²) in [6.45, 7) is 0.255. The molecule has 0 aliphatic rings. The summed E-state index contributed by atoms with van der Waals surface area (Å²) in [5.41, 5.74) is 0.618. The van der Waals surface area contributed by atoms with Crippen molar-refractivity contribution in [1.29, 1.82) is 0 Å². The van der Waals surface area contributed by atoms with Crippen molar-refractivity contribution in [1.82, 2.24) is 4.98 Å². The van der Waals surface area contributed by atoms with Crippen LogP contribution in [0.2, 0.25) is 0 Å². The first kappa shape index (κ1) is 11.1. The number of hydrogen-bond acceptors (Lipinski definition) is 3. The number of ether oxygens (including phenoxy) is 1. The van der Waals surface area contributed by atoms with Crippen molar-refractivity contribution in [3.63, 3.8) is 0 Å². The molecule has 0 unspecified atom stereocenters. The number of rotatable bonds is 4. The Morgan fingerprint density at radius 3 is 2.59 bits per heavy atom. The Morgan fingerprint density at radius 1 is 1.12 bits per heavy atom. The smallest absolute Gasteiger partial charge is 0.354 e. The molecule has 0 saturated heterocycles. The average molecular weight is 229 g/mol. The Morgan fingerprint density at radius 2 is 1.88 bits per heavy atom. The highest BCUT2D eigenvalue weighted by molar-refractivity contribution is 5.85. The molecule has 0 radical (unpaired) electrons. The first-order valence-electron chi connectivity index (χ1n) is 5.13. The van der Waals surface area contributed by atoms with Crippen molar-refractivity contribution in [3.05, 3.63) is 59.9 Å². The monoisotopic (exact) mass is 229 g/mol. The van der Waals surface area contributed by atoms with E-state index in [1.165, 1.54) is 6.07 Å². The van der Waals surface area contributed by atoms with E-state index >= 15 is 0 Å². The maximum absolute atomic E-state index is 10.7. The van der Waals surface area contributed by atoms with E-state index in [1.54, 1.807) is 12.1 Å². The number of hydrogen-bond donors (Lipinski definition) is 1. The van der Waals surface area contributed by atoms with Gasteiger partial charge in [0.15, 0.2) is 0 Å². The standard InChI is InChI=1S/C13H11NO3/c15-13(16)12-8-4-5-10(14-12)9-17-11-6-2-1-3-7-11/h1-8H,9H2,(H,15,16). The highest BCUT2D eigenvalue weighted by Crippen LogP contribution is 2.10. The lowest BCUT2D eigenvalue weighted by molar-refractivity contribution is 0.0690. The fraction of sp³-hybridized carbons (Fsp3) is 0.0769. The van der Waals surface area contributed by atoms with Crippen LogP contribution in [0, 0.1) is 0 Å². The van der Waals surface area contributed by atoms with E-state index in [9.17, 15) is 4.79 Å². The number of aromatic carboxylic acids is 1. The number of para-hydroxylation sites is 1. The molecule has 0 aliphatic heterocycles. The molecule has 17 heavy (non-hydrogen) atoms. The van der Waals surface area contributed by atoms with Crippen molar-refractivity contribution in [2.75, 3.05) is 0 Å². The SMILES string of the molecule is O=C(O)c1cccc(COc2ccccc2)n1. The van der Waals surface area contributed by atoms with E-state index in [0.29, 0.717) is 5.69 Å². The predicted octanol–water partition coefficient (Wildman–Crippen LogP) is 2.36. The molecule has 0 saturated carbocycles. The first-order valence-corrected chi connectivity index (χ1v) is 5.13. The Balaban J connectivity index is 2.04. The van der Waals surface area contributed by atoms with Crippen molar-refractivity contribution in [2.24, 2.45) is 0 Å². The Bertz CT molecular complexity index is 511. The van der Waals surface area contributed by atoms with Crippen molar-refractivity contribution in [2.45, 2.75) is 6.61 Å². The maximum Gasteiger partial charge on any atom is 0.354 e. The van der Waals surface area contributed by atoms with Gasteiger partial charge < -0.3 is 9.84 Å². The van der Waals surface area contributed by atoms with Gasteiger partial charge in [0.05, 0.1) is 5.69 Å². The third kappa shape index (κ3) is 3.04. The van der Waals surface area contributed by atoms with Gasteiger partial charge >= 0.3 is 5.97 Å². The van der Waals surface area contributed by atoms with Gasteiger partial charge in [0, 0.05) is 0 Å². The summed E-state index contributed by atoms with van der Waals surface area (Å²) in [4.78, 5) is 14.7. The molecule has 0 bridgehead atoms. The summed E-state index contributed by atoms with van der Waals surface area (Å²) >= 11 is 0. The third-order valence-corrected chi connectivity index (χ3v) is 2.16. The van der Waals surface area contributed by atoms with Crippen molar-refractivity contribution < 1.29 is 14.6 Å². The second-order valence-corrected chi connectivity index (χ2v) is 3.42. The zero-order valence-corrected chi connectivity index (χ0v) is 9.04. The van der Waals surface area contributed by atoms with E-state index < -0.39 is 5.97 Å². The summed E-state index contributed by atoms with van der Waals surface area (Å²) in [5.74, 6) is -0.304. The molecule has 1 N–H and O–H groups in total. The fourth-order valence-electron chi connectivity index (χ4n) is 1.35. The molecular weight excluding hydrogens is 218 g/mol. The molecular formula is C13H11NO3. The third-order valence-electron chi connectivity index (χ3n) is 2.16. The number of pyridine rings is 1. The lowest BCUT2D eigenvalue weighted by atomic mass is 10.3. The Labute approximate surface area is 98.5 Å². The zero-order valence-electron chi connectivity index (χ0n) is 9.04. The van der Waals surface area contributed by atoms with Crippen LogP contribution in [0.4, 0.5) is 0 Å². The van der Waals surface area contributed by atoms with Gasteiger partial charge in [-0.1, -0.05) is 24.3 Å². The summed E-state index contributed by atoms with van der Waals surface area (Å²) in [6.07, 6.45) is 0. The molecule has 0 atom stereocenters. The van der Waals surface area contributed by atoms with E-state index in [0.717, 1.165) is 5.75 Å². The second-order valence-electron chi connectivity index (χ2n) is 3.42. The molecule has 1 aromatic heterocycles. The molecule has 1 aromatic carbocycles. The lowest BCUT2D eigenvalue weighted by Gasteiger charge is -2.05. The van der Waals surface area contributed by atoms with Gasteiger partial charge in [0.2, 0.25) is 0 Å². The number of carboxylic acid groups (broad SMARTS) is 1. The van der Waals surface area contributed by atoms with Gasteiger partial charge in [-0.3, -0.25) is 0 Å². The maximum atomic E-state index is 10.7. The molecule has 2 rings (SSSR count). The average Bonchev–Trinajstić information content (AvgIpc) is 2.38. The van der Waals surface area contributed by atoms with Crippen LogP contribution in [-0.4, -0.2) is 16.1 Å². The fourth-order valence-corrected chi connectivity index (χ4v) is 1.35. The van der Waals surface area contributed by atoms with Crippen LogP contribution >= 0.6 is 0 Å². The molecule has 2 aromatic rings.